The fourth-order valence-electron chi connectivity index (χ4n) is 2.17. The van der Waals surface area contributed by atoms with Gasteiger partial charge in [0.1, 0.15) is 10.9 Å². The first-order valence-electron chi connectivity index (χ1n) is 6.05. The van der Waals surface area contributed by atoms with Crippen LogP contribution >= 0.6 is 0 Å². The third kappa shape index (κ3) is 2.30. The van der Waals surface area contributed by atoms with Crippen molar-refractivity contribution in [3.05, 3.63) is 30.0 Å². The van der Waals surface area contributed by atoms with Crippen LogP contribution < -0.4 is 4.72 Å². The van der Waals surface area contributed by atoms with Gasteiger partial charge in [-0.1, -0.05) is 18.2 Å². The molecule has 1 heterocycles. The summed E-state index contributed by atoms with van der Waals surface area (Å²) >= 11 is 0. The lowest BCUT2D eigenvalue weighted by Crippen LogP contribution is -2.38. The quantitative estimate of drug-likeness (QED) is 0.888. The number of carbonyl (C=O) groups is 1. The molecule has 0 radical (unpaired) electrons. The highest BCUT2D eigenvalue weighted by Crippen LogP contribution is 2.28. The lowest BCUT2D eigenvalue weighted by molar-refractivity contribution is -0.138. The van der Waals surface area contributed by atoms with Gasteiger partial charge in [-0.3, -0.25) is 4.79 Å². The smallest absolute Gasteiger partial charge is 0.321 e. The maximum absolute atomic E-state index is 12.4. The molecule has 0 spiro atoms. The zero-order valence-corrected chi connectivity index (χ0v) is 12.2. The summed E-state index contributed by atoms with van der Waals surface area (Å²) in [4.78, 5) is 11.0. The van der Waals surface area contributed by atoms with Gasteiger partial charge in [-0.15, -0.1) is 0 Å². The van der Waals surface area contributed by atoms with Crippen LogP contribution in [0.15, 0.2) is 29.2 Å². The zero-order chi connectivity index (χ0) is 15.1. The third-order valence-corrected chi connectivity index (χ3v) is 5.03. The number of sulfonamides is 1. The van der Waals surface area contributed by atoms with E-state index in [0.717, 1.165) is 5.52 Å². The highest BCUT2D eigenvalue weighted by atomic mass is 32.2. The summed E-state index contributed by atoms with van der Waals surface area (Å²) in [5.74, 6) is -1.22. The Bertz CT molecular complexity index is 777. The van der Waals surface area contributed by atoms with Crippen LogP contribution in [0.5, 0.6) is 0 Å². The maximum Gasteiger partial charge on any atom is 0.321 e. The second-order valence-electron chi connectivity index (χ2n) is 4.67. The van der Waals surface area contributed by atoms with Crippen molar-refractivity contribution in [1.82, 2.24) is 9.29 Å². The van der Waals surface area contributed by atoms with Crippen molar-refractivity contribution < 1.29 is 18.3 Å². The summed E-state index contributed by atoms with van der Waals surface area (Å²) in [5, 5.41) is 9.43. The number of fused-ring (bicyclic) bond motifs is 1. The van der Waals surface area contributed by atoms with Crippen molar-refractivity contribution in [3.8, 4) is 0 Å². The van der Waals surface area contributed by atoms with E-state index in [1.54, 1.807) is 30.7 Å². The molecule has 0 aliphatic heterocycles. The average molecular weight is 296 g/mol. The first-order valence-corrected chi connectivity index (χ1v) is 7.53. The number of rotatable bonds is 4. The second kappa shape index (κ2) is 4.92. The Labute approximate surface area is 117 Å². The molecule has 2 rings (SSSR count). The van der Waals surface area contributed by atoms with Gasteiger partial charge >= 0.3 is 5.97 Å². The van der Waals surface area contributed by atoms with Crippen molar-refractivity contribution in [1.29, 1.82) is 0 Å². The molecule has 1 aromatic carbocycles. The van der Waals surface area contributed by atoms with E-state index in [1.165, 1.54) is 6.92 Å². The van der Waals surface area contributed by atoms with Gasteiger partial charge < -0.3 is 9.67 Å². The van der Waals surface area contributed by atoms with E-state index in [2.05, 4.69) is 4.72 Å². The minimum atomic E-state index is -3.89. The van der Waals surface area contributed by atoms with E-state index in [1.807, 2.05) is 12.1 Å². The van der Waals surface area contributed by atoms with Crippen molar-refractivity contribution in [2.75, 3.05) is 0 Å². The van der Waals surface area contributed by atoms with Crippen molar-refractivity contribution in [3.63, 3.8) is 0 Å². The van der Waals surface area contributed by atoms with Crippen molar-refractivity contribution in [2.24, 2.45) is 7.05 Å². The maximum atomic E-state index is 12.4. The molecule has 0 fully saturated rings. The lowest BCUT2D eigenvalue weighted by atomic mass is 10.2. The van der Waals surface area contributed by atoms with Crippen molar-refractivity contribution in [2.45, 2.75) is 24.8 Å². The second-order valence-corrected chi connectivity index (χ2v) is 6.32. The standard InChI is InChI=1S/C13H16N2O4S/c1-8(13(16)17)14-20(18,19)12-9(2)15(3)11-7-5-4-6-10(11)12/h4-8,14H,1-3H3,(H,16,17)/t8-/m1/s1. The van der Waals surface area contributed by atoms with Gasteiger partial charge in [-0.05, 0) is 19.9 Å². The van der Waals surface area contributed by atoms with Crippen LogP contribution in [0.1, 0.15) is 12.6 Å². The van der Waals surface area contributed by atoms with Gasteiger partial charge in [0.15, 0.2) is 0 Å². The molecule has 2 aromatic rings. The number of hydrogen-bond donors (Lipinski definition) is 2. The Hall–Kier alpha value is -1.86. The summed E-state index contributed by atoms with van der Waals surface area (Å²) in [6.45, 7) is 2.99. The average Bonchev–Trinajstić information content (AvgIpc) is 2.62. The van der Waals surface area contributed by atoms with Crippen LogP contribution in [0, 0.1) is 6.92 Å². The van der Waals surface area contributed by atoms with Crippen LogP contribution in [0.3, 0.4) is 0 Å². The normalized spacial score (nSPS) is 13.6. The fraction of sp³-hybridized carbons (Fsp3) is 0.308. The number of aliphatic carboxylic acids is 1. The monoisotopic (exact) mass is 296 g/mol. The molecule has 108 valence electrons. The highest BCUT2D eigenvalue weighted by molar-refractivity contribution is 7.89. The molecule has 1 atom stereocenters. The van der Waals surface area contributed by atoms with Gasteiger partial charge in [0.05, 0.1) is 0 Å². The molecule has 2 N–H and O–H groups in total. The van der Waals surface area contributed by atoms with E-state index in [0.29, 0.717) is 11.1 Å². The van der Waals surface area contributed by atoms with E-state index in [4.69, 9.17) is 5.11 Å². The molecule has 0 amide bonds. The third-order valence-electron chi connectivity index (χ3n) is 3.31. The number of para-hydroxylation sites is 1. The lowest BCUT2D eigenvalue weighted by Gasteiger charge is -2.10. The molecule has 0 aliphatic carbocycles. The minimum Gasteiger partial charge on any atom is -0.480 e. The number of carboxylic acids is 1. The molecule has 0 bridgehead atoms. The predicted octanol–water partition coefficient (Wildman–Crippen LogP) is 1.24. The number of hydrogen-bond acceptors (Lipinski definition) is 3. The number of aryl methyl sites for hydroxylation is 1. The van der Waals surface area contributed by atoms with E-state index >= 15 is 0 Å². The predicted molar refractivity (Wildman–Crippen MR) is 75.1 cm³/mol. The summed E-state index contributed by atoms with van der Waals surface area (Å²) < 4.78 is 28.8. The number of carboxylic acid groups (broad SMARTS) is 1. The molecular weight excluding hydrogens is 280 g/mol. The molecule has 0 aliphatic rings. The van der Waals surface area contributed by atoms with E-state index in [9.17, 15) is 13.2 Å². The van der Waals surface area contributed by atoms with Crippen molar-refractivity contribution >= 4 is 26.9 Å². The first kappa shape index (κ1) is 14.5. The SMILES string of the molecule is Cc1c(S(=O)(=O)N[C@H](C)C(=O)O)c2ccccc2n1C. The Morgan fingerprint density at radius 2 is 1.95 bits per heavy atom. The molecular formula is C13H16N2O4S. The number of benzene rings is 1. The van der Waals surface area contributed by atoms with Crippen LogP contribution in [-0.2, 0) is 21.9 Å². The van der Waals surface area contributed by atoms with Crippen LogP contribution in [0.4, 0.5) is 0 Å². The van der Waals surface area contributed by atoms with Crippen LogP contribution in [0.25, 0.3) is 10.9 Å². The van der Waals surface area contributed by atoms with Gasteiger partial charge in [-0.2, -0.15) is 4.72 Å². The Morgan fingerprint density at radius 3 is 2.55 bits per heavy atom. The summed E-state index contributed by atoms with van der Waals surface area (Å²) in [7, 11) is -2.12. The summed E-state index contributed by atoms with van der Waals surface area (Å²) in [6.07, 6.45) is 0. The fourth-order valence-corrected chi connectivity index (χ4v) is 3.84. The summed E-state index contributed by atoms with van der Waals surface area (Å²) in [5.41, 5.74) is 1.35. The molecule has 6 nitrogen and oxygen atoms in total. The van der Waals surface area contributed by atoms with Gasteiger partial charge in [-0.25, -0.2) is 8.42 Å². The number of nitrogens with zero attached hydrogens (tertiary/aromatic N) is 1. The van der Waals surface area contributed by atoms with E-state index < -0.39 is 22.0 Å². The molecule has 0 unspecified atom stereocenters. The number of aromatic nitrogens is 1. The zero-order valence-electron chi connectivity index (χ0n) is 11.4. The molecule has 20 heavy (non-hydrogen) atoms. The first-order chi connectivity index (χ1) is 9.25. The topological polar surface area (TPSA) is 88.4 Å². The molecule has 0 saturated heterocycles. The van der Waals surface area contributed by atoms with Crippen LogP contribution in [-0.4, -0.2) is 30.1 Å². The minimum absolute atomic E-state index is 0.128. The molecule has 0 saturated carbocycles. The van der Waals surface area contributed by atoms with E-state index in [-0.39, 0.29) is 4.90 Å². The van der Waals surface area contributed by atoms with Gasteiger partial charge in [0.25, 0.3) is 0 Å². The molecule has 7 heteroatoms. The largest absolute Gasteiger partial charge is 0.480 e. The van der Waals surface area contributed by atoms with Gasteiger partial charge in [0, 0.05) is 23.6 Å². The summed E-state index contributed by atoms with van der Waals surface area (Å²) in [6, 6.07) is 5.93. The Kier molecular flexibility index (Phi) is 3.58. The Morgan fingerprint density at radius 1 is 1.35 bits per heavy atom. The Balaban J connectivity index is 2.63. The van der Waals surface area contributed by atoms with Crippen LogP contribution in [0.2, 0.25) is 0 Å². The highest BCUT2D eigenvalue weighted by Gasteiger charge is 2.27. The number of nitrogens with one attached hydrogen (secondary N) is 1. The van der Waals surface area contributed by atoms with Gasteiger partial charge in [0.2, 0.25) is 10.0 Å². The molecule has 1 aromatic heterocycles.